The van der Waals surface area contributed by atoms with Crippen molar-refractivity contribution in [1.82, 2.24) is 5.32 Å². The van der Waals surface area contributed by atoms with Crippen molar-refractivity contribution >= 4 is 11.8 Å². The van der Waals surface area contributed by atoms with Gasteiger partial charge >= 0.3 is 0 Å². The monoisotopic (exact) mass is 201 g/mol. The van der Waals surface area contributed by atoms with Gasteiger partial charge in [0.1, 0.15) is 0 Å². The van der Waals surface area contributed by atoms with Crippen molar-refractivity contribution in [3.05, 3.63) is 0 Å². The number of hydrogen-bond donors (Lipinski definition) is 1. The van der Waals surface area contributed by atoms with E-state index in [-0.39, 0.29) is 0 Å². The van der Waals surface area contributed by atoms with E-state index in [9.17, 15) is 0 Å². The van der Waals surface area contributed by atoms with Crippen LogP contribution in [-0.4, -0.2) is 37.3 Å². The van der Waals surface area contributed by atoms with Crippen LogP contribution >= 0.6 is 11.8 Å². The van der Waals surface area contributed by atoms with Gasteiger partial charge in [-0.2, -0.15) is 11.8 Å². The molecule has 76 valence electrons. The molecule has 3 heteroatoms. The zero-order valence-corrected chi connectivity index (χ0v) is 8.94. The molecule has 0 saturated carbocycles. The van der Waals surface area contributed by atoms with Crippen LogP contribution in [0.5, 0.6) is 0 Å². The third-order valence-corrected chi connectivity index (χ3v) is 4.08. The molecule has 2 aliphatic heterocycles. The van der Waals surface area contributed by atoms with Crippen molar-refractivity contribution in [1.29, 1.82) is 0 Å². The quantitative estimate of drug-likeness (QED) is 0.745. The molecule has 0 radical (unpaired) electrons. The van der Waals surface area contributed by atoms with Gasteiger partial charge in [-0.15, -0.1) is 0 Å². The molecule has 0 aromatic rings. The van der Waals surface area contributed by atoms with E-state index in [1.54, 1.807) is 0 Å². The Kier molecular flexibility index (Phi) is 3.94. The molecule has 2 fully saturated rings. The molecule has 2 aliphatic rings. The Morgan fingerprint density at radius 1 is 1.31 bits per heavy atom. The summed E-state index contributed by atoms with van der Waals surface area (Å²) in [5.74, 6) is 3.65. The van der Waals surface area contributed by atoms with E-state index < -0.39 is 0 Å². The third kappa shape index (κ3) is 3.15. The van der Waals surface area contributed by atoms with Gasteiger partial charge in [-0.05, 0) is 43.2 Å². The Bertz CT molecular complexity index is 126. The van der Waals surface area contributed by atoms with E-state index in [1.165, 1.54) is 37.3 Å². The van der Waals surface area contributed by atoms with Crippen LogP contribution in [0.25, 0.3) is 0 Å². The zero-order chi connectivity index (χ0) is 8.93. The van der Waals surface area contributed by atoms with Crippen LogP contribution < -0.4 is 5.32 Å². The molecule has 2 saturated heterocycles. The number of rotatable bonds is 4. The van der Waals surface area contributed by atoms with Crippen molar-refractivity contribution in [2.45, 2.75) is 25.4 Å². The molecule has 0 bridgehead atoms. The number of thioether (sulfide) groups is 1. The second-order valence-corrected chi connectivity index (χ2v) is 5.17. The van der Waals surface area contributed by atoms with Crippen molar-refractivity contribution in [2.24, 2.45) is 5.92 Å². The van der Waals surface area contributed by atoms with E-state index in [0.29, 0.717) is 6.10 Å². The lowest BCUT2D eigenvalue weighted by Gasteiger charge is -2.13. The van der Waals surface area contributed by atoms with Crippen LogP contribution in [0.1, 0.15) is 19.3 Å². The lowest BCUT2D eigenvalue weighted by atomic mass is 10.1. The first-order valence-electron chi connectivity index (χ1n) is 5.35. The SMILES string of the molecule is C1COC(CNCC2CCSC2)C1. The molecular formula is C10H19NOS. The second-order valence-electron chi connectivity index (χ2n) is 4.02. The highest BCUT2D eigenvalue weighted by Gasteiger charge is 2.17. The van der Waals surface area contributed by atoms with Gasteiger partial charge in [0.05, 0.1) is 6.10 Å². The lowest BCUT2D eigenvalue weighted by molar-refractivity contribution is 0.109. The molecule has 2 unspecified atom stereocenters. The van der Waals surface area contributed by atoms with E-state index in [1.807, 2.05) is 0 Å². The summed E-state index contributed by atoms with van der Waals surface area (Å²) >= 11 is 2.09. The van der Waals surface area contributed by atoms with Crippen molar-refractivity contribution < 1.29 is 4.74 Å². The first kappa shape index (κ1) is 9.81. The molecule has 2 heterocycles. The van der Waals surface area contributed by atoms with Gasteiger partial charge in [0, 0.05) is 13.2 Å². The van der Waals surface area contributed by atoms with Gasteiger partial charge in [-0.25, -0.2) is 0 Å². The maximum absolute atomic E-state index is 5.55. The largest absolute Gasteiger partial charge is 0.377 e. The van der Waals surface area contributed by atoms with Crippen LogP contribution in [-0.2, 0) is 4.74 Å². The summed E-state index contributed by atoms with van der Waals surface area (Å²) in [5.41, 5.74) is 0. The Labute approximate surface area is 84.8 Å². The summed E-state index contributed by atoms with van der Waals surface area (Å²) in [6.45, 7) is 3.25. The van der Waals surface area contributed by atoms with E-state index in [0.717, 1.165) is 19.1 Å². The molecule has 0 spiro atoms. The lowest BCUT2D eigenvalue weighted by Crippen LogP contribution is -2.30. The predicted octanol–water partition coefficient (Wildman–Crippen LogP) is 1.51. The Balaban J connectivity index is 1.52. The summed E-state index contributed by atoms with van der Waals surface area (Å²) in [6, 6.07) is 0. The molecule has 2 nitrogen and oxygen atoms in total. The predicted molar refractivity (Wildman–Crippen MR) is 57.3 cm³/mol. The first-order chi connectivity index (χ1) is 6.45. The average molecular weight is 201 g/mol. The minimum atomic E-state index is 0.508. The van der Waals surface area contributed by atoms with Gasteiger partial charge in [0.25, 0.3) is 0 Å². The second kappa shape index (κ2) is 5.23. The van der Waals surface area contributed by atoms with Crippen LogP contribution in [0.4, 0.5) is 0 Å². The standard InChI is InChI=1S/C10H19NOS/c1-2-10(12-4-1)7-11-6-9-3-5-13-8-9/h9-11H,1-8H2. The molecular weight excluding hydrogens is 182 g/mol. The first-order valence-corrected chi connectivity index (χ1v) is 6.50. The maximum Gasteiger partial charge on any atom is 0.0700 e. The van der Waals surface area contributed by atoms with Crippen LogP contribution in [0.15, 0.2) is 0 Å². The number of hydrogen-bond acceptors (Lipinski definition) is 3. The van der Waals surface area contributed by atoms with Crippen LogP contribution in [0.2, 0.25) is 0 Å². The highest BCUT2D eigenvalue weighted by Crippen LogP contribution is 2.22. The highest BCUT2D eigenvalue weighted by molar-refractivity contribution is 7.99. The summed E-state index contributed by atoms with van der Waals surface area (Å²) in [6.07, 6.45) is 4.43. The van der Waals surface area contributed by atoms with Crippen LogP contribution in [0.3, 0.4) is 0 Å². The molecule has 1 N–H and O–H groups in total. The van der Waals surface area contributed by atoms with Gasteiger partial charge in [0.15, 0.2) is 0 Å². The van der Waals surface area contributed by atoms with Gasteiger partial charge in [0.2, 0.25) is 0 Å². The van der Waals surface area contributed by atoms with Gasteiger partial charge < -0.3 is 10.1 Å². The highest BCUT2D eigenvalue weighted by atomic mass is 32.2. The van der Waals surface area contributed by atoms with Crippen molar-refractivity contribution in [2.75, 3.05) is 31.2 Å². The minimum Gasteiger partial charge on any atom is -0.377 e. The van der Waals surface area contributed by atoms with Crippen molar-refractivity contribution in [3.63, 3.8) is 0 Å². The smallest absolute Gasteiger partial charge is 0.0700 e. The van der Waals surface area contributed by atoms with E-state index in [4.69, 9.17) is 4.74 Å². The van der Waals surface area contributed by atoms with Gasteiger partial charge in [-0.1, -0.05) is 0 Å². The Morgan fingerprint density at radius 2 is 2.31 bits per heavy atom. The fourth-order valence-corrected chi connectivity index (χ4v) is 3.28. The fourth-order valence-electron chi connectivity index (χ4n) is 2.00. The van der Waals surface area contributed by atoms with Crippen LogP contribution in [0, 0.1) is 5.92 Å². The molecule has 13 heavy (non-hydrogen) atoms. The summed E-state index contributed by atoms with van der Waals surface area (Å²) < 4.78 is 5.55. The maximum atomic E-state index is 5.55. The van der Waals surface area contributed by atoms with E-state index in [2.05, 4.69) is 17.1 Å². The number of nitrogens with one attached hydrogen (secondary N) is 1. The Morgan fingerprint density at radius 3 is 3.00 bits per heavy atom. The Hall–Kier alpha value is 0.270. The molecule has 0 aromatic carbocycles. The average Bonchev–Trinajstić information content (AvgIpc) is 2.75. The normalized spacial score (nSPS) is 34.2. The van der Waals surface area contributed by atoms with Gasteiger partial charge in [-0.3, -0.25) is 0 Å². The zero-order valence-electron chi connectivity index (χ0n) is 8.13. The fraction of sp³-hybridized carbons (Fsp3) is 1.00. The third-order valence-electron chi connectivity index (χ3n) is 2.85. The summed E-state index contributed by atoms with van der Waals surface area (Å²) in [5, 5.41) is 3.53. The summed E-state index contributed by atoms with van der Waals surface area (Å²) in [7, 11) is 0. The molecule has 2 atom stereocenters. The molecule has 0 aliphatic carbocycles. The topological polar surface area (TPSA) is 21.3 Å². The van der Waals surface area contributed by atoms with E-state index >= 15 is 0 Å². The minimum absolute atomic E-state index is 0.508. The molecule has 0 amide bonds. The summed E-state index contributed by atoms with van der Waals surface area (Å²) in [4.78, 5) is 0. The number of ether oxygens (including phenoxy) is 1. The molecule has 2 rings (SSSR count). The van der Waals surface area contributed by atoms with Crippen molar-refractivity contribution in [3.8, 4) is 0 Å². The molecule has 0 aromatic heterocycles.